The van der Waals surface area contributed by atoms with E-state index >= 15 is 0 Å². The molecule has 0 radical (unpaired) electrons. The van der Waals surface area contributed by atoms with Gasteiger partial charge in [0.05, 0.1) is 13.2 Å². The van der Waals surface area contributed by atoms with Crippen LogP contribution >= 0.6 is 0 Å². The van der Waals surface area contributed by atoms with Gasteiger partial charge in [-0.15, -0.1) is 0 Å². The number of allylic oxidation sites excluding steroid dienone is 5. The van der Waals surface area contributed by atoms with Crippen LogP contribution in [0.3, 0.4) is 0 Å². The first-order chi connectivity index (χ1) is 22.3. The second-order valence-electron chi connectivity index (χ2n) is 13.8. The lowest BCUT2D eigenvalue weighted by molar-refractivity contribution is -0.118. The highest BCUT2D eigenvalue weighted by molar-refractivity contribution is 5.94. The van der Waals surface area contributed by atoms with Crippen molar-refractivity contribution in [1.29, 1.82) is 0 Å². The number of amides is 1. The molecule has 0 spiro atoms. The standard InChI is InChI=1S/C23H38N2O.C10H19NO.C7H9NO/c1-4-9-22(20-25-16-18-26-19-17-25)11-8-10-21(2)14-15-24(3)23-12-6-5-7-13-23;1-6-8(10(3,4)5)9(12)11-7-2;1-5-3-6(2)8-7(9)4-5/h4,8-9,11,14,23H,1,5-7,10,12-13,15-20H2,2-3H3;6H,7H2,1-5H3,(H,11,12);3-4H,1-2H3,(H,8,9)/b11-8-,21-14+,22-9+;8-6-;. The number of morpholine rings is 1. The van der Waals surface area contributed by atoms with Gasteiger partial charge in [0.25, 0.3) is 0 Å². The number of nitrogens with one attached hydrogen (secondary N) is 2. The van der Waals surface area contributed by atoms with Gasteiger partial charge in [-0.05, 0) is 83.5 Å². The minimum Gasteiger partial charge on any atom is -0.379 e. The third-order valence-electron chi connectivity index (χ3n) is 8.34. The Hall–Kier alpha value is -3.00. The van der Waals surface area contributed by atoms with Crippen LogP contribution in [0, 0.1) is 19.3 Å². The fourth-order valence-electron chi connectivity index (χ4n) is 5.80. The minimum absolute atomic E-state index is 0.0208. The van der Waals surface area contributed by atoms with Crippen LogP contribution in [0.25, 0.3) is 0 Å². The van der Waals surface area contributed by atoms with Crippen LogP contribution in [0.4, 0.5) is 0 Å². The largest absolute Gasteiger partial charge is 0.379 e. The Kier molecular flexibility index (Phi) is 20.9. The number of rotatable bonds is 11. The van der Waals surface area contributed by atoms with Crippen LogP contribution < -0.4 is 10.9 Å². The molecular weight excluding hydrogens is 584 g/mol. The summed E-state index contributed by atoms with van der Waals surface area (Å²) < 4.78 is 5.43. The zero-order chi connectivity index (χ0) is 35.2. The van der Waals surface area contributed by atoms with Gasteiger partial charge in [-0.25, -0.2) is 0 Å². The number of hydrogen-bond donors (Lipinski definition) is 2. The minimum atomic E-state index is -0.0615. The fourth-order valence-corrected chi connectivity index (χ4v) is 5.80. The number of aryl methyl sites for hydroxylation is 2. The van der Waals surface area contributed by atoms with E-state index in [9.17, 15) is 9.59 Å². The maximum Gasteiger partial charge on any atom is 0.248 e. The third kappa shape index (κ3) is 18.8. The second kappa shape index (κ2) is 23.3. The number of nitrogens with zero attached hydrogens (tertiary/aromatic N) is 2. The average molecular weight is 651 g/mol. The Morgan fingerprint density at radius 2 is 1.81 bits per heavy atom. The maximum atomic E-state index is 11.4. The summed E-state index contributed by atoms with van der Waals surface area (Å²) in [5.74, 6) is 0.0486. The number of H-pyrrole nitrogens is 1. The predicted molar refractivity (Wildman–Crippen MR) is 201 cm³/mol. The van der Waals surface area contributed by atoms with Crippen molar-refractivity contribution in [2.75, 3.05) is 53.0 Å². The average Bonchev–Trinajstić information content (AvgIpc) is 3.00. The summed E-state index contributed by atoms with van der Waals surface area (Å²) in [4.78, 5) is 29.7. The van der Waals surface area contributed by atoms with E-state index in [1.165, 1.54) is 43.3 Å². The lowest BCUT2D eigenvalue weighted by Crippen LogP contribution is -2.37. The SMILES string of the molecule is C/C=C(/C(=O)NCC)C(C)(C)C.C=C/C=C(\C=C/C/C(C)=C/CN(C)C1CCCCC1)CN1CCOCC1.Cc1cc(C)[nH]c(=O)c1. The molecule has 2 N–H and O–H groups in total. The molecule has 7 nitrogen and oxygen atoms in total. The molecule has 0 atom stereocenters. The van der Waals surface area contributed by atoms with Crippen molar-refractivity contribution >= 4 is 5.91 Å². The number of aromatic nitrogens is 1. The Bertz CT molecular complexity index is 1210. The van der Waals surface area contributed by atoms with Gasteiger partial charge in [0, 0.05) is 56.1 Å². The molecule has 7 heteroatoms. The molecular formula is C40H66N4O3. The van der Waals surface area contributed by atoms with Gasteiger partial charge in [0.15, 0.2) is 0 Å². The van der Waals surface area contributed by atoms with Crippen LogP contribution in [0.1, 0.15) is 91.3 Å². The highest BCUT2D eigenvalue weighted by atomic mass is 16.5. The first-order valence-corrected chi connectivity index (χ1v) is 17.6. The van der Waals surface area contributed by atoms with Crippen molar-refractivity contribution in [2.24, 2.45) is 5.41 Å². The molecule has 1 aliphatic carbocycles. The summed E-state index contributed by atoms with van der Waals surface area (Å²) in [5, 5.41) is 2.80. The molecule has 1 saturated heterocycles. The predicted octanol–water partition coefficient (Wildman–Crippen LogP) is 7.69. The normalized spacial score (nSPS) is 17.1. The van der Waals surface area contributed by atoms with E-state index in [1.807, 2.05) is 66.7 Å². The molecule has 47 heavy (non-hydrogen) atoms. The fraction of sp³-hybridized carbons (Fsp3) is 0.600. The van der Waals surface area contributed by atoms with Crippen molar-refractivity contribution in [3.63, 3.8) is 0 Å². The van der Waals surface area contributed by atoms with E-state index in [0.29, 0.717) is 6.54 Å². The Morgan fingerprint density at radius 1 is 1.15 bits per heavy atom. The van der Waals surface area contributed by atoms with Gasteiger partial charge in [-0.2, -0.15) is 0 Å². The van der Waals surface area contributed by atoms with Crippen LogP contribution in [0.5, 0.6) is 0 Å². The molecule has 3 rings (SSSR count). The molecule has 2 heterocycles. The van der Waals surface area contributed by atoms with Crippen molar-refractivity contribution < 1.29 is 9.53 Å². The van der Waals surface area contributed by atoms with Crippen LogP contribution in [-0.2, 0) is 9.53 Å². The number of pyridine rings is 1. The van der Waals surface area contributed by atoms with Crippen molar-refractivity contribution in [3.8, 4) is 0 Å². The van der Waals surface area contributed by atoms with E-state index in [1.54, 1.807) is 6.07 Å². The summed E-state index contributed by atoms with van der Waals surface area (Å²) in [6.45, 7) is 26.3. The Labute approximate surface area is 286 Å². The zero-order valence-corrected chi connectivity index (χ0v) is 31.2. The molecule has 1 amide bonds. The lowest BCUT2D eigenvalue weighted by atomic mass is 9.86. The molecule has 1 aliphatic heterocycles. The summed E-state index contributed by atoms with van der Waals surface area (Å²) in [5.41, 5.74) is 5.48. The van der Waals surface area contributed by atoms with Gasteiger partial charge in [0.2, 0.25) is 11.5 Å². The Morgan fingerprint density at radius 3 is 2.34 bits per heavy atom. The molecule has 1 saturated carbocycles. The van der Waals surface area contributed by atoms with E-state index in [4.69, 9.17) is 4.74 Å². The maximum absolute atomic E-state index is 11.4. The third-order valence-corrected chi connectivity index (χ3v) is 8.34. The highest BCUT2D eigenvalue weighted by Crippen LogP contribution is 2.25. The molecule has 2 fully saturated rings. The van der Waals surface area contributed by atoms with Gasteiger partial charge in [-0.3, -0.25) is 19.4 Å². The first kappa shape index (κ1) is 42.0. The van der Waals surface area contributed by atoms with Gasteiger partial charge in [0.1, 0.15) is 0 Å². The Balaban J connectivity index is 0.000000432. The molecule has 1 aromatic heterocycles. The number of hydrogen-bond acceptors (Lipinski definition) is 5. The molecule has 0 bridgehead atoms. The van der Waals surface area contributed by atoms with E-state index in [-0.39, 0.29) is 16.9 Å². The van der Waals surface area contributed by atoms with E-state index in [0.717, 1.165) is 68.7 Å². The molecule has 1 aromatic rings. The van der Waals surface area contributed by atoms with Gasteiger partial charge in [-0.1, -0.05) is 88.6 Å². The zero-order valence-electron chi connectivity index (χ0n) is 31.2. The summed E-state index contributed by atoms with van der Waals surface area (Å²) in [6, 6.07) is 4.30. The van der Waals surface area contributed by atoms with Crippen LogP contribution in [0.15, 0.2) is 76.7 Å². The molecule has 0 aromatic carbocycles. The van der Waals surface area contributed by atoms with Crippen LogP contribution in [-0.4, -0.2) is 79.7 Å². The first-order valence-electron chi connectivity index (χ1n) is 17.6. The van der Waals surface area contributed by atoms with E-state index in [2.05, 4.69) is 65.0 Å². The molecule has 264 valence electrons. The number of carbonyl (C=O) groups excluding carboxylic acids is 1. The van der Waals surface area contributed by atoms with Crippen molar-refractivity contribution in [2.45, 2.75) is 100.0 Å². The van der Waals surface area contributed by atoms with Crippen molar-refractivity contribution in [1.82, 2.24) is 20.1 Å². The quantitative estimate of drug-likeness (QED) is 0.146. The van der Waals surface area contributed by atoms with Crippen molar-refractivity contribution in [3.05, 3.63) is 93.5 Å². The number of ether oxygens (including phenoxy) is 1. The lowest BCUT2D eigenvalue weighted by Gasteiger charge is -2.30. The van der Waals surface area contributed by atoms with Gasteiger partial charge >= 0.3 is 0 Å². The number of aromatic amines is 1. The van der Waals surface area contributed by atoms with E-state index < -0.39 is 0 Å². The molecule has 2 aliphatic rings. The second-order valence-corrected chi connectivity index (χ2v) is 13.8. The number of likely N-dealkylation sites (N-methyl/N-ethyl adjacent to an activating group) is 2. The highest BCUT2D eigenvalue weighted by Gasteiger charge is 2.22. The smallest absolute Gasteiger partial charge is 0.248 e. The van der Waals surface area contributed by atoms with Gasteiger partial charge < -0.3 is 15.0 Å². The topological polar surface area (TPSA) is 77.7 Å². The van der Waals surface area contributed by atoms with Crippen LogP contribution in [0.2, 0.25) is 0 Å². The number of carbonyl (C=O) groups is 1. The summed E-state index contributed by atoms with van der Waals surface area (Å²) in [7, 11) is 2.28. The summed E-state index contributed by atoms with van der Waals surface area (Å²) in [6.07, 6.45) is 20.9. The molecule has 0 unspecified atom stereocenters. The summed E-state index contributed by atoms with van der Waals surface area (Å²) >= 11 is 0. The monoisotopic (exact) mass is 651 g/mol.